The van der Waals surface area contributed by atoms with Gasteiger partial charge in [-0.25, -0.2) is 14.8 Å². The highest BCUT2D eigenvalue weighted by atomic mass is 16.4. The molecule has 24 heteroatoms. The highest BCUT2D eigenvalue weighted by molar-refractivity contribution is 5.98. The predicted octanol–water partition coefficient (Wildman–Crippen LogP) is 0.148. The van der Waals surface area contributed by atoms with Crippen LogP contribution in [0.2, 0.25) is 0 Å². The molecule has 0 saturated carbocycles. The van der Waals surface area contributed by atoms with Crippen molar-refractivity contribution in [2.45, 2.75) is 107 Å². The van der Waals surface area contributed by atoms with Crippen molar-refractivity contribution in [2.24, 2.45) is 11.5 Å². The Balaban J connectivity index is 1.28. The highest BCUT2D eigenvalue weighted by Gasteiger charge is 2.35. The first-order valence-electron chi connectivity index (χ1n) is 24.6. The monoisotopic (exact) mass is 1050 g/mol. The predicted molar refractivity (Wildman–Crippen MR) is 276 cm³/mol. The molecule has 16 N–H and O–H groups in total. The lowest BCUT2D eigenvalue weighted by Crippen LogP contribution is -2.61. The summed E-state index contributed by atoms with van der Waals surface area (Å²) in [4.78, 5) is 126. The maximum atomic E-state index is 14.7. The molecule has 3 aromatic heterocycles. The number of carboxylic acid groups (broad SMARTS) is 2. The molecule has 76 heavy (non-hydrogen) atoms. The molecule has 0 aliphatic heterocycles. The standard InChI is InChI=1S/C52H63N13O11/c53-19-7-6-11-37(54)46(69)61-42(22-32-25-57-38-12-5-4-10-36(32)38)49(72)65-44(24-34-27-56-29-59-34)51(74)63-41(21-31-13-15-35(66)16-14-31)48(71)64-43(23-33-26-55-28-58-33)50(73)62-40(20-30-8-2-1-3-9-30)47(70)60-39(52(75)76)17-18-45(67)68/h1-5,8-10,12-16,25-29,37,39-44,57,66H,6-7,11,17-24,53-54H2,(H,55,58)(H,56,59)(H,60,70)(H,61,69)(H,62,73)(H,63,74)(H,64,71)(H,65,72)(H,67,68)(H,75,76)/t37-,39-,40-,41-,42-,43-,44-/m0/s1. The van der Waals surface area contributed by atoms with Gasteiger partial charge in [-0.15, -0.1) is 0 Å². The van der Waals surface area contributed by atoms with Crippen LogP contribution >= 0.6 is 0 Å². The van der Waals surface area contributed by atoms with Crippen molar-refractivity contribution in [1.29, 1.82) is 0 Å². The number of aromatic nitrogens is 5. The zero-order valence-corrected chi connectivity index (χ0v) is 41.4. The summed E-state index contributed by atoms with van der Waals surface area (Å²) in [5, 5.41) is 45.9. The number of imidazole rings is 2. The van der Waals surface area contributed by atoms with Crippen LogP contribution in [0.4, 0.5) is 0 Å². The number of phenolic OH excluding ortho intramolecular Hbond substituents is 1. The van der Waals surface area contributed by atoms with E-state index in [2.05, 4.69) is 56.8 Å². The van der Waals surface area contributed by atoms with E-state index in [4.69, 9.17) is 11.5 Å². The van der Waals surface area contributed by atoms with Gasteiger partial charge in [0.1, 0.15) is 42.0 Å². The number of carbonyl (C=O) groups excluding carboxylic acids is 6. The quantitative estimate of drug-likeness (QED) is 0.0267. The Hall–Kier alpha value is -8.90. The second kappa shape index (κ2) is 28.0. The summed E-state index contributed by atoms with van der Waals surface area (Å²) in [6.07, 6.45) is 7.00. The van der Waals surface area contributed by atoms with E-state index >= 15 is 0 Å². The number of carbonyl (C=O) groups is 8. The van der Waals surface area contributed by atoms with E-state index in [1.54, 1.807) is 36.5 Å². The average molecular weight is 1050 g/mol. The molecule has 7 atom stereocenters. The molecule has 3 heterocycles. The van der Waals surface area contributed by atoms with Crippen LogP contribution in [-0.4, -0.2) is 136 Å². The molecule has 24 nitrogen and oxygen atoms in total. The molecule has 0 spiro atoms. The van der Waals surface area contributed by atoms with E-state index in [9.17, 15) is 53.7 Å². The summed E-state index contributed by atoms with van der Waals surface area (Å²) in [6, 6.07) is 12.0. The first-order valence-corrected chi connectivity index (χ1v) is 24.6. The van der Waals surface area contributed by atoms with Gasteiger partial charge in [-0.1, -0.05) is 67.1 Å². The topological polar surface area (TPSA) is 395 Å². The Morgan fingerprint density at radius 2 is 1.00 bits per heavy atom. The molecule has 0 unspecified atom stereocenters. The van der Waals surface area contributed by atoms with Gasteiger partial charge in [-0.05, 0) is 60.7 Å². The molecule has 0 aliphatic rings. The molecule has 0 saturated heterocycles. The van der Waals surface area contributed by atoms with E-state index < -0.39 is 103 Å². The number of aliphatic carboxylic acids is 2. The van der Waals surface area contributed by atoms with Gasteiger partial charge in [-0.3, -0.25) is 33.6 Å². The van der Waals surface area contributed by atoms with Crippen LogP contribution < -0.4 is 43.4 Å². The van der Waals surface area contributed by atoms with Crippen molar-refractivity contribution in [3.05, 3.63) is 138 Å². The Bertz CT molecular complexity index is 2880. The number of phenols is 1. The number of unbranched alkanes of at least 4 members (excludes halogenated alkanes) is 1. The lowest BCUT2D eigenvalue weighted by Gasteiger charge is -2.28. The zero-order chi connectivity index (χ0) is 54.6. The number of nitrogens with one attached hydrogen (secondary N) is 9. The minimum absolute atomic E-state index is 0.0140. The average Bonchev–Trinajstić information content (AvgIpc) is 4.21. The van der Waals surface area contributed by atoms with Crippen molar-refractivity contribution in [2.75, 3.05) is 6.54 Å². The molecule has 0 bridgehead atoms. The molecule has 3 aromatic carbocycles. The van der Waals surface area contributed by atoms with Gasteiger partial charge in [-0.2, -0.15) is 0 Å². The van der Waals surface area contributed by atoms with Gasteiger partial charge in [0, 0.05) is 79.4 Å². The van der Waals surface area contributed by atoms with Crippen molar-refractivity contribution in [3.8, 4) is 5.75 Å². The number of carboxylic acids is 2. The van der Waals surface area contributed by atoms with E-state index in [0.717, 1.165) is 10.9 Å². The van der Waals surface area contributed by atoms with Crippen LogP contribution in [0.25, 0.3) is 10.9 Å². The summed E-state index contributed by atoms with van der Waals surface area (Å²) in [5.41, 5.74) is 15.2. The number of para-hydroxylation sites is 1. The van der Waals surface area contributed by atoms with Crippen molar-refractivity contribution >= 4 is 58.3 Å². The van der Waals surface area contributed by atoms with Gasteiger partial charge in [0.25, 0.3) is 0 Å². The van der Waals surface area contributed by atoms with Crippen LogP contribution in [0.3, 0.4) is 0 Å². The number of benzene rings is 3. The molecule has 0 radical (unpaired) electrons. The summed E-state index contributed by atoms with van der Waals surface area (Å²) in [5.74, 6) is -7.82. The van der Waals surface area contributed by atoms with Gasteiger partial charge in [0.15, 0.2) is 0 Å². The molecule has 0 fully saturated rings. The van der Waals surface area contributed by atoms with Crippen molar-refractivity contribution < 1.29 is 53.7 Å². The molecular weight excluding hydrogens is 983 g/mol. The van der Waals surface area contributed by atoms with E-state index in [-0.39, 0.29) is 37.9 Å². The lowest BCUT2D eigenvalue weighted by molar-refractivity contribution is -0.143. The van der Waals surface area contributed by atoms with Crippen LogP contribution in [0.1, 0.15) is 60.2 Å². The molecule has 6 aromatic rings. The number of rotatable bonds is 30. The maximum absolute atomic E-state index is 14.7. The molecule has 0 aliphatic carbocycles. The third-order valence-electron chi connectivity index (χ3n) is 12.4. The van der Waals surface area contributed by atoms with E-state index in [1.165, 1.54) is 49.3 Å². The number of aromatic hydroxyl groups is 1. The Labute approximate surface area is 436 Å². The minimum atomic E-state index is -1.62. The Morgan fingerprint density at radius 1 is 0.526 bits per heavy atom. The molecule has 402 valence electrons. The van der Waals surface area contributed by atoms with Crippen LogP contribution in [0.15, 0.2) is 110 Å². The first-order chi connectivity index (χ1) is 36.6. The minimum Gasteiger partial charge on any atom is -0.508 e. The van der Waals surface area contributed by atoms with Gasteiger partial charge >= 0.3 is 11.9 Å². The largest absolute Gasteiger partial charge is 0.508 e. The lowest BCUT2D eigenvalue weighted by atomic mass is 10.0. The Kier molecular flexibility index (Phi) is 20.7. The fourth-order valence-corrected chi connectivity index (χ4v) is 8.32. The smallest absolute Gasteiger partial charge is 0.326 e. The van der Waals surface area contributed by atoms with Crippen LogP contribution in [-0.2, 0) is 70.5 Å². The summed E-state index contributed by atoms with van der Waals surface area (Å²) >= 11 is 0. The normalized spacial score (nSPS) is 13.9. The number of fused-ring (bicyclic) bond motifs is 1. The number of hydrogen-bond donors (Lipinski definition) is 14. The van der Waals surface area contributed by atoms with E-state index in [1.807, 2.05) is 24.3 Å². The van der Waals surface area contributed by atoms with E-state index in [0.29, 0.717) is 53.9 Å². The molecule has 6 amide bonds. The number of hydrogen-bond acceptors (Lipinski definition) is 13. The summed E-state index contributed by atoms with van der Waals surface area (Å²) < 4.78 is 0. The van der Waals surface area contributed by atoms with Gasteiger partial charge in [0.2, 0.25) is 35.4 Å². The third kappa shape index (κ3) is 17.1. The number of nitrogens with zero attached hydrogens (tertiary/aromatic N) is 2. The molecule has 6 rings (SSSR count). The second-order valence-corrected chi connectivity index (χ2v) is 18.2. The highest BCUT2D eigenvalue weighted by Crippen LogP contribution is 2.20. The van der Waals surface area contributed by atoms with Crippen molar-refractivity contribution in [1.82, 2.24) is 56.8 Å². The van der Waals surface area contributed by atoms with Crippen LogP contribution in [0, 0.1) is 0 Å². The summed E-state index contributed by atoms with van der Waals surface area (Å²) in [6.45, 7) is 0.409. The number of nitrogens with two attached hydrogens (primary N) is 2. The SMILES string of the molecule is NCCCC[C@H](N)C(=O)N[C@@H](Cc1c[nH]c2ccccc12)C(=O)N[C@@H](Cc1cnc[nH]1)C(=O)N[C@@H](Cc1ccc(O)cc1)C(=O)N[C@@H](Cc1cnc[nH]1)C(=O)N[C@@H](Cc1ccccc1)C(=O)N[C@@H](CCC(=O)O)C(=O)O. The fourth-order valence-electron chi connectivity index (χ4n) is 8.32. The third-order valence-corrected chi connectivity index (χ3v) is 12.4. The summed E-state index contributed by atoms with van der Waals surface area (Å²) in [7, 11) is 0. The zero-order valence-electron chi connectivity index (χ0n) is 41.4. The van der Waals surface area contributed by atoms with Gasteiger partial charge < -0.3 is 73.6 Å². The number of H-pyrrole nitrogens is 3. The van der Waals surface area contributed by atoms with Crippen molar-refractivity contribution in [3.63, 3.8) is 0 Å². The first kappa shape index (κ1) is 56.4. The van der Waals surface area contributed by atoms with Gasteiger partial charge in [0.05, 0.1) is 18.7 Å². The second-order valence-electron chi connectivity index (χ2n) is 18.2. The fraction of sp³-hybridized carbons (Fsp3) is 0.346. The number of amides is 6. The maximum Gasteiger partial charge on any atom is 0.326 e. The molecular formula is C52H63N13O11. The number of aromatic amines is 3. The Morgan fingerprint density at radius 3 is 1.50 bits per heavy atom. The van der Waals surface area contributed by atoms with Crippen LogP contribution in [0.5, 0.6) is 5.75 Å².